The number of methoxy groups -OCH3 is 2. The van der Waals surface area contributed by atoms with Crippen LogP contribution in [0.4, 0.5) is 0 Å². The molecule has 0 saturated carbocycles. The molecule has 0 radical (unpaired) electrons. The molecule has 26 heavy (non-hydrogen) atoms. The Morgan fingerprint density at radius 3 is 2.46 bits per heavy atom. The van der Waals surface area contributed by atoms with Crippen molar-refractivity contribution < 1.29 is 14.3 Å². The van der Waals surface area contributed by atoms with Crippen molar-refractivity contribution in [1.29, 1.82) is 0 Å². The van der Waals surface area contributed by atoms with E-state index in [1.54, 1.807) is 7.11 Å². The van der Waals surface area contributed by atoms with Crippen LogP contribution in [0.3, 0.4) is 0 Å². The van der Waals surface area contributed by atoms with Crippen LogP contribution in [-0.4, -0.2) is 24.8 Å². The number of nitrogens with zero attached hydrogens (tertiary/aromatic N) is 1. The van der Waals surface area contributed by atoms with E-state index in [1.165, 1.54) is 12.7 Å². The van der Waals surface area contributed by atoms with E-state index in [1.807, 2.05) is 60.3 Å². The zero-order valence-corrected chi connectivity index (χ0v) is 15.5. The van der Waals surface area contributed by atoms with Crippen LogP contribution < -0.4 is 4.74 Å². The van der Waals surface area contributed by atoms with Crippen molar-refractivity contribution >= 4 is 17.7 Å². The number of rotatable bonds is 4. The minimum Gasteiger partial charge on any atom is -0.497 e. The molecule has 0 amide bonds. The van der Waals surface area contributed by atoms with E-state index in [-0.39, 0.29) is 11.3 Å². The van der Waals surface area contributed by atoms with E-state index in [0.29, 0.717) is 5.56 Å². The van der Waals surface area contributed by atoms with Gasteiger partial charge in [-0.25, -0.2) is 4.79 Å². The van der Waals surface area contributed by atoms with Crippen LogP contribution in [0.1, 0.15) is 27.0 Å². The fraction of sp³-hybridized carbons (Fsp3) is 0.190. The van der Waals surface area contributed by atoms with Gasteiger partial charge in [0.25, 0.3) is 0 Å². The highest BCUT2D eigenvalue weighted by atomic mass is 32.2. The normalized spacial score (nSPS) is 15.5. The maximum Gasteiger partial charge on any atom is 0.340 e. The molecule has 4 nitrogen and oxygen atoms in total. The number of carbonyl (C=O) groups is 1. The lowest BCUT2D eigenvalue weighted by Gasteiger charge is -2.18. The Balaban J connectivity index is 1.89. The van der Waals surface area contributed by atoms with E-state index < -0.39 is 0 Å². The van der Waals surface area contributed by atoms with Gasteiger partial charge in [0, 0.05) is 11.4 Å². The lowest BCUT2D eigenvalue weighted by molar-refractivity contribution is 0.0601. The molecule has 2 heterocycles. The summed E-state index contributed by atoms with van der Waals surface area (Å²) in [6, 6.07) is 20.1. The minimum atomic E-state index is -0.311. The Hall–Kier alpha value is -2.66. The summed E-state index contributed by atoms with van der Waals surface area (Å²) in [5, 5.41) is 0.140. The van der Waals surface area contributed by atoms with Gasteiger partial charge in [0.05, 0.1) is 25.5 Å². The van der Waals surface area contributed by atoms with E-state index in [4.69, 9.17) is 9.47 Å². The number of ether oxygens (including phenoxy) is 2. The van der Waals surface area contributed by atoms with E-state index in [0.717, 1.165) is 28.5 Å². The summed E-state index contributed by atoms with van der Waals surface area (Å²) in [7, 11) is 3.07. The number of aromatic nitrogens is 1. The number of thioether (sulfide) groups is 1. The Kier molecular flexibility index (Phi) is 4.47. The van der Waals surface area contributed by atoms with Gasteiger partial charge in [-0.1, -0.05) is 30.3 Å². The molecule has 0 N–H and O–H groups in total. The van der Waals surface area contributed by atoms with Crippen molar-refractivity contribution in [3.8, 4) is 17.0 Å². The average molecular weight is 365 g/mol. The number of esters is 1. The highest BCUT2D eigenvalue weighted by Crippen LogP contribution is 2.46. The fourth-order valence-corrected chi connectivity index (χ4v) is 4.66. The molecule has 3 aromatic rings. The summed E-state index contributed by atoms with van der Waals surface area (Å²) in [6.07, 6.45) is 0. The van der Waals surface area contributed by atoms with E-state index in [9.17, 15) is 4.79 Å². The van der Waals surface area contributed by atoms with E-state index in [2.05, 4.69) is 16.7 Å². The molecule has 5 heteroatoms. The molecule has 0 unspecified atom stereocenters. The Morgan fingerprint density at radius 1 is 1.08 bits per heavy atom. The summed E-state index contributed by atoms with van der Waals surface area (Å²) < 4.78 is 12.6. The summed E-state index contributed by atoms with van der Waals surface area (Å²) in [6.45, 7) is 0. The zero-order chi connectivity index (χ0) is 18.1. The average Bonchev–Trinajstić information content (AvgIpc) is 3.27. The number of hydrogen-bond acceptors (Lipinski definition) is 4. The first-order valence-corrected chi connectivity index (χ1v) is 9.41. The lowest BCUT2D eigenvalue weighted by Crippen LogP contribution is -2.08. The maximum atomic E-state index is 12.4. The third-order valence-electron chi connectivity index (χ3n) is 4.59. The first-order valence-electron chi connectivity index (χ1n) is 8.36. The van der Waals surface area contributed by atoms with Gasteiger partial charge in [0.2, 0.25) is 0 Å². The molecule has 1 aromatic heterocycles. The largest absolute Gasteiger partial charge is 0.497 e. The number of fused-ring (bicyclic) bond motifs is 1. The topological polar surface area (TPSA) is 40.5 Å². The van der Waals surface area contributed by atoms with Crippen molar-refractivity contribution in [2.75, 3.05) is 14.2 Å². The molecular weight excluding hydrogens is 346 g/mol. The molecule has 0 spiro atoms. The second-order valence-electron chi connectivity index (χ2n) is 6.06. The molecule has 132 valence electrons. The minimum absolute atomic E-state index is 0.140. The molecule has 0 saturated heterocycles. The standard InChI is InChI=1S/C21H19NO3S/c1-24-17-10-8-14(9-11-17)19-18(21(23)25-2)12-16-13-26-20(22(16)19)15-6-4-3-5-7-15/h3-12,20H,13H2,1-2H3/t20-/m0/s1. The molecule has 0 fully saturated rings. The highest BCUT2D eigenvalue weighted by Gasteiger charge is 2.31. The van der Waals surface area contributed by atoms with Gasteiger partial charge in [-0.3, -0.25) is 0 Å². The number of benzene rings is 2. The second kappa shape index (κ2) is 6.92. The number of carbonyl (C=O) groups excluding carboxylic acids is 1. The van der Waals surface area contributed by atoms with Crippen LogP contribution in [0, 0.1) is 0 Å². The van der Waals surface area contributed by atoms with Crippen molar-refractivity contribution in [2.24, 2.45) is 0 Å². The summed E-state index contributed by atoms with van der Waals surface area (Å²) in [5.74, 6) is 1.34. The van der Waals surface area contributed by atoms with Crippen molar-refractivity contribution in [3.63, 3.8) is 0 Å². The summed E-state index contributed by atoms with van der Waals surface area (Å²) in [5.41, 5.74) is 4.83. The van der Waals surface area contributed by atoms with Crippen molar-refractivity contribution in [3.05, 3.63) is 77.5 Å². The van der Waals surface area contributed by atoms with Crippen LogP contribution in [-0.2, 0) is 10.5 Å². The van der Waals surface area contributed by atoms with Crippen molar-refractivity contribution in [2.45, 2.75) is 11.1 Å². The van der Waals surface area contributed by atoms with Crippen LogP contribution in [0.25, 0.3) is 11.3 Å². The summed E-state index contributed by atoms with van der Waals surface area (Å²) in [4.78, 5) is 12.4. The first kappa shape index (κ1) is 16.8. The van der Waals surface area contributed by atoms with Gasteiger partial charge in [-0.05, 0) is 41.5 Å². The van der Waals surface area contributed by atoms with Crippen LogP contribution in [0.15, 0.2) is 60.7 Å². The third-order valence-corrected chi connectivity index (χ3v) is 5.85. The first-order chi connectivity index (χ1) is 12.7. The molecule has 2 aromatic carbocycles. The summed E-state index contributed by atoms with van der Waals surface area (Å²) >= 11 is 1.86. The van der Waals surface area contributed by atoms with Crippen molar-refractivity contribution in [1.82, 2.24) is 4.57 Å². The third kappa shape index (κ3) is 2.78. The maximum absolute atomic E-state index is 12.4. The van der Waals surface area contributed by atoms with Gasteiger partial charge < -0.3 is 14.0 Å². The van der Waals surface area contributed by atoms with Gasteiger partial charge in [0.15, 0.2) is 0 Å². The van der Waals surface area contributed by atoms with Gasteiger partial charge in [-0.2, -0.15) is 0 Å². The molecule has 0 aliphatic carbocycles. The van der Waals surface area contributed by atoms with Gasteiger partial charge >= 0.3 is 5.97 Å². The van der Waals surface area contributed by atoms with E-state index >= 15 is 0 Å². The Labute approximate surface area is 156 Å². The van der Waals surface area contributed by atoms with Gasteiger partial charge in [0.1, 0.15) is 11.1 Å². The molecule has 1 aliphatic heterocycles. The monoisotopic (exact) mass is 365 g/mol. The Bertz CT molecular complexity index is 932. The smallest absolute Gasteiger partial charge is 0.340 e. The zero-order valence-electron chi connectivity index (χ0n) is 14.6. The molecule has 1 atom stereocenters. The predicted octanol–water partition coefficient (Wildman–Crippen LogP) is 4.74. The fourth-order valence-electron chi connectivity index (χ4n) is 3.37. The highest BCUT2D eigenvalue weighted by molar-refractivity contribution is 7.99. The molecule has 0 bridgehead atoms. The second-order valence-corrected chi connectivity index (χ2v) is 7.13. The number of hydrogen-bond donors (Lipinski definition) is 0. The molecule has 4 rings (SSSR count). The Morgan fingerprint density at radius 2 is 1.81 bits per heavy atom. The SMILES string of the molecule is COC(=O)c1cc2n(c1-c1ccc(OC)cc1)[C@H](c1ccccc1)SC2. The lowest BCUT2D eigenvalue weighted by atomic mass is 10.1. The molecule has 1 aliphatic rings. The predicted molar refractivity (Wildman–Crippen MR) is 104 cm³/mol. The van der Waals surface area contributed by atoms with Gasteiger partial charge in [-0.15, -0.1) is 11.8 Å². The van der Waals surface area contributed by atoms with Crippen LogP contribution >= 0.6 is 11.8 Å². The quantitative estimate of drug-likeness (QED) is 0.626. The van der Waals surface area contributed by atoms with Crippen LogP contribution in [0.5, 0.6) is 5.75 Å². The van der Waals surface area contributed by atoms with Crippen LogP contribution in [0.2, 0.25) is 0 Å². The molecular formula is C21H19NO3S.